The topological polar surface area (TPSA) is 76.6 Å². The molecule has 2 aromatic carbocycles. The number of nitrogens with zero attached hydrogens (tertiary/aromatic N) is 4. The number of aromatic amines is 1. The summed E-state index contributed by atoms with van der Waals surface area (Å²) in [5.41, 5.74) is 5.28. The Morgan fingerprint density at radius 1 is 1.41 bits per heavy atom. The van der Waals surface area contributed by atoms with Crippen LogP contribution < -0.4 is 5.32 Å². The number of aromatic nitrogens is 2. The Kier molecular flexibility index (Phi) is 4.98. The number of H-pyrrole nitrogens is 1. The molecule has 0 spiro atoms. The van der Waals surface area contributed by atoms with Crippen molar-refractivity contribution in [1.29, 1.82) is 0 Å². The van der Waals surface area contributed by atoms with Gasteiger partial charge < -0.3 is 10.2 Å². The largest absolute Gasteiger partial charge is 0.322 e. The number of rotatable bonds is 5. The molecule has 0 bridgehead atoms. The first-order chi connectivity index (χ1) is 14.0. The van der Waals surface area contributed by atoms with Gasteiger partial charge in [-0.15, -0.1) is 0 Å². The zero-order valence-corrected chi connectivity index (χ0v) is 17.0. The predicted molar refractivity (Wildman–Crippen MR) is 117 cm³/mol. The fraction of sp³-hybridized carbons (Fsp3) is 0.190. The minimum atomic E-state index is -0.138. The molecule has 2 heterocycles. The molecular weight excluding hydrogens is 388 g/mol. The van der Waals surface area contributed by atoms with E-state index in [2.05, 4.69) is 33.4 Å². The molecule has 2 amide bonds. The van der Waals surface area contributed by atoms with Gasteiger partial charge in [-0.2, -0.15) is 10.2 Å². The number of benzene rings is 2. The second-order valence-corrected chi connectivity index (χ2v) is 7.32. The van der Waals surface area contributed by atoms with Crippen molar-refractivity contribution in [3.8, 4) is 0 Å². The third-order valence-electron chi connectivity index (χ3n) is 5.02. The normalized spacial score (nSPS) is 14.0. The van der Waals surface area contributed by atoms with E-state index in [4.69, 9.17) is 11.6 Å². The van der Waals surface area contributed by atoms with Crippen molar-refractivity contribution >= 4 is 46.6 Å². The van der Waals surface area contributed by atoms with Crippen LogP contribution in [0.1, 0.15) is 23.7 Å². The van der Waals surface area contributed by atoms with Crippen molar-refractivity contribution in [3.05, 3.63) is 64.3 Å². The van der Waals surface area contributed by atoms with Gasteiger partial charge in [-0.1, -0.05) is 29.8 Å². The molecule has 0 atom stereocenters. The minimum Gasteiger partial charge on any atom is -0.316 e. The van der Waals surface area contributed by atoms with Crippen molar-refractivity contribution in [3.63, 3.8) is 0 Å². The van der Waals surface area contributed by atoms with Crippen molar-refractivity contribution in [2.24, 2.45) is 5.10 Å². The molecule has 0 fully saturated rings. The number of fused-ring (bicyclic) bond motifs is 2. The van der Waals surface area contributed by atoms with Crippen LogP contribution in [0.4, 0.5) is 10.5 Å². The highest BCUT2D eigenvalue weighted by Crippen LogP contribution is 2.32. The number of halogens is 1. The van der Waals surface area contributed by atoms with E-state index in [1.54, 1.807) is 9.91 Å². The number of anilines is 1. The molecule has 1 aliphatic heterocycles. The molecule has 0 unspecified atom stereocenters. The van der Waals surface area contributed by atoms with Gasteiger partial charge in [-0.3, -0.25) is 10.1 Å². The Morgan fingerprint density at radius 3 is 2.97 bits per heavy atom. The highest BCUT2D eigenvalue weighted by atomic mass is 35.5. The van der Waals surface area contributed by atoms with Crippen molar-refractivity contribution in [1.82, 2.24) is 20.1 Å². The lowest BCUT2D eigenvalue weighted by Gasteiger charge is -2.29. The van der Waals surface area contributed by atoms with Crippen LogP contribution in [0.3, 0.4) is 0 Å². The quantitative estimate of drug-likeness (QED) is 0.475. The van der Waals surface area contributed by atoms with E-state index in [-0.39, 0.29) is 6.03 Å². The summed E-state index contributed by atoms with van der Waals surface area (Å²) in [6, 6.07) is 11.4. The summed E-state index contributed by atoms with van der Waals surface area (Å²) < 4.78 is 0. The second kappa shape index (κ2) is 7.60. The van der Waals surface area contributed by atoms with Gasteiger partial charge in [-0.05, 0) is 42.3 Å². The number of carbonyl (C=O) groups excluding carboxylic acids is 1. The predicted octanol–water partition coefficient (Wildman–Crippen LogP) is 4.67. The highest BCUT2D eigenvalue weighted by Gasteiger charge is 2.25. The molecule has 8 heteroatoms. The summed E-state index contributed by atoms with van der Waals surface area (Å²) in [5.74, 6) is 0. The van der Waals surface area contributed by atoms with Crippen molar-refractivity contribution in [2.75, 3.05) is 12.4 Å². The first-order valence-corrected chi connectivity index (χ1v) is 9.56. The summed E-state index contributed by atoms with van der Waals surface area (Å²) in [6.45, 7) is 6.49. The average Bonchev–Trinajstić information content (AvgIpc) is 3.10. The lowest BCUT2D eigenvalue weighted by molar-refractivity contribution is 0.204. The van der Waals surface area contributed by atoms with Crippen LogP contribution >= 0.6 is 11.6 Å². The van der Waals surface area contributed by atoms with E-state index in [0.717, 1.165) is 39.1 Å². The van der Waals surface area contributed by atoms with Crippen LogP contribution in [0.5, 0.6) is 0 Å². The molecule has 1 aliphatic rings. The molecule has 2 N–H and O–H groups in total. The summed E-state index contributed by atoms with van der Waals surface area (Å²) in [6.07, 6.45) is 1.94. The number of hydrogen-bond donors (Lipinski definition) is 2. The summed E-state index contributed by atoms with van der Waals surface area (Å²) in [5, 5.41) is 17.8. The number of urea groups is 1. The maximum absolute atomic E-state index is 12.6. The van der Waals surface area contributed by atoms with Crippen LogP contribution in [-0.2, 0) is 13.1 Å². The molecule has 0 radical (unpaired) electrons. The molecule has 0 saturated heterocycles. The van der Waals surface area contributed by atoms with Crippen LogP contribution in [0, 0.1) is 0 Å². The Bertz CT molecular complexity index is 1140. The zero-order chi connectivity index (χ0) is 20.5. The number of amides is 2. The number of carbonyl (C=O) groups is 1. The Balaban J connectivity index is 1.69. The lowest BCUT2D eigenvalue weighted by atomic mass is 10.0. The van der Waals surface area contributed by atoms with Gasteiger partial charge in [0.2, 0.25) is 0 Å². The smallest absolute Gasteiger partial charge is 0.316 e. The summed E-state index contributed by atoms with van der Waals surface area (Å²) >= 11 is 6.08. The van der Waals surface area contributed by atoms with E-state index in [1.807, 2.05) is 50.4 Å². The molecule has 0 aliphatic carbocycles. The molecule has 148 valence electrons. The summed E-state index contributed by atoms with van der Waals surface area (Å²) in [7, 11) is 1.83. The molecule has 29 heavy (non-hydrogen) atoms. The molecule has 1 aromatic heterocycles. The standard InChI is InChI=1S/C21H21ClN6O/c1-4-19(27(3)23-2)20-16-9-14-12-28(11-13-6-5-7-15(22)8-13)21(29)24-17(14)10-18(16)25-26-20/h4-10H,2,11-12H2,1,3H3,(H,24,29)(H,25,26)/b19-4-. The van der Waals surface area contributed by atoms with Crippen LogP contribution in [-0.4, -0.2) is 39.9 Å². The van der Waals surface area contributed by atoms with Crippen LogP contribution in [0.15, 0.2) is 47.6 Å². The van der Waals surface area contributed by atoms with Crippen molar-refractivity contribution in [2.45, 2.75) is 20.0 Å². The maximum Gasteiger partial charge on any atom is 0.322 e. The van der Waals surface area contributed by atoms with Gasteiger partial charge in [0.25, 0.3) is 0 Å². The van der Waals surface area contributed by atoms with Gasteiger partial charge in [0.15, 0.2) is 0 Å². The van der Waals surface area contributed by atoms with Gasteiger partial charge >= 0.3 is 6.03 Å². The SMILES string of the molecule is C=NN(C)/C(=C\C)c1n[nH]c2cc3c(cc12)CN(Cc1cccc(Cl)c1)C(=O)N3. The monoisotopic (exact) mass is 408 g/mol. The minimum absolute atomic E-state index is 0.138. The van der Waals surface area contributed by atoms with Gasteiger partial charge in [-0.25, -0.2) is 4.79 Å². The molecular formula is C21H21ClN6O. The number of allylic oxidation sites excluding steroid dienone is 1. The number of nitrogens with one attached hydrogen (secondary N) is 2. The third-order valence-corrected chi connectivity index (χ3v) is 5.25. The van der Waals surface area contributed by atoms with Gasteiger partial charge in [0.1, 0.15) is 5.69 Å². The van der Waals surface area contributed by atoms with Gasteiger partial charge in [0.05, 0.1) is 11.2 Å². The highest BCUT2D eigenvalue weighted by molar-refractivity contribution is 6.30. The first kappa shape index (κ1) is 19.0. The number of hydrazone groups is 1. The van der Waals surface area contributed by atoms with Crippen LogP contribution in [0.25, 0.3) is 16.6 Å². The Labute approximate surface area is 173 Å². The van der Waals surface area contributed by atoms with E-state index >= 15 is 0 Å². The molecule has 0 saturated carbocycles. The fourth-order valence-electron chi connectivity index (χ4n) is 3.56. The Morgan fingerprint density at radius 2 is 2.24 bits per heavy atom. The third kappa shape index (κ3) is 3.56. The maximum atomic E-state index is 12.6. The van der Waals surface area contributed by atoms with E-state index in [0.29, 0.717) is 18.1 Å². The second-order valence-electron chi connectivity index (χ2n) is 6.88. The summed E-state index contributed by atoms with van der Waals surface area (Å²) in [4.78, 5) is 14.3. The van der Waals surface area contributed by atoms with Crippen LogP contribution in [0.2, 0.25) is 5.02 Å². The average molecular weight is 409 g/mol. The first-order valence-electron chi connectivity index (χ1n) is 9.18. The van der Waals surface area contributed by atoms with Gasteiger partial charge in [0, 0.05) is 43.0 Å². The molecule has 3 aromatic rings. The molecule has 4 rings (SSSR count). The lowest BCUT2D eigenvalue weighted by Crippen LogP contribution is -2.38. The van der Waals surface area contributed by atoms with E-state index < -0.39 is 0 Å². The Hall–Kier alpha value is -3.32. The zero-order valence-electron chi connectivity index (χ0n) is 16.2. The van der Waals surface area contributed by atoms with E-state index in [1.165, 1.54) is 0 Å². The number of hydrogen-bond acceptors (Lipinski definition) is 4. The fourth-order valence-corrected chi connectivity index (χ4v) is 3.77. The molecule has 7 nitrogen and oxygen atoms in total. The van der Waals surface area contributed by atoms with E-state index in [9.17, 15) is 4.79 Å². The van der Waals surface area contributed by atoms with Crippen molar-refractivity contribution < 1.29 is 4.79 Å².